The molecule has 0 aliphatic heterocycles. The molecular weight excluding hydrogens is 240 g/mol. The van der Waals surface area contributed by atoms with Gasteiger partial charge in [0.15, 0.2) is 0 Å². The summed E-state index contributed by atoms with van der Waals surface area (Å²) in [5, 5.41) is 0. The van der Waals surface area contributed by atoms with Crippen molar-refractivity contribution in [3.63, 3.8) is 0 Å². The first kappa shape index (κ1) is 16.9. The van der Waals surface area contributed by atoms with Crippen LogP contribution in [-0.2, 0) is 9.47 Å². The molecule has 0 aromatic rings. The highest BCUT2D eigenvalue weighted by Gasteiger charge is 2.20. The molecule has 0 saturated heterocycles. The second-order valence-electron chi connectivity index (χ2n) is 5.48. The van der Waals surface area contributed by atoms with Crippen molar-refractivity contribution in [1.82, 2.24) is 4.90 Å². The van der Waals surface area contributed by atoms with Crippen molar-refractivity contribution < 1.29 is 9.47 Å². The van der Waals surface area contributed by atoms with Crippen LogP contribution in [0.4, 0.5) is 0 Å². The SMILES string of the molecule is CCOCCN(CCOCC)CC1CCC(N)CC1. The first-order valence-electron chi connectivity index (χ1n) is 7.89. The lowest BCUT2D eigenvalue weighted by Gasteiger charge is -2.31. The van der Waals surface area contributed by atoms with Crippen molar-refractivity contribution in [2.45, 2.75) is 45.6 Å². The third kappa shape index (κ3) is 7.88. The smallest absolute Gasteiger partial charge is 0.0593 e. The van der Waals surface area contributed by atoms with E-state index in [4.69, 9.17) is 15.2 Å². The Morgan fingerprint density at radius 1 is 0.947 bits per heavy atom. The maximum absolute atomic E-state index is 5.97. The Hall–Kier alpha value is -0.160. The van der Waals surface area contributed by atoms with Crippen LogP contribution in [0.3, 0.4) is 0 Å². The zero-order valence-electron chi connectivity index (χ0n) is 12.8. The van der Waals surface area contributed by atoms with Crippen LogP contribution in [0, 0.1) is 5.92 Å². The van der Waals surface area contributed by atoms with Gasteiger partial charge in [-0.3, -0.25) is 4.90 Å². The highest BCUT2D eigenvalue weighted by molar-refractivity contribution is 4.76. The number of ether oxygens (including phenoxy) is 2. The van der Waals surface area contributed by atoms with Crippen molar-refractivity contribution >= 4 is 0 Å². The van der Waals surface area contributed by atoms with E-state index in [1.165, 1.54) is 32.2 Å². The molecule has 0 spiro atoms. The van der Waals surface area contributed by atoms with E-state index in [9.17, 15) is 0 Å². The minimum absolute atomic E-state index is 0.441. The second kappa shape index (κ2) is 10.6. The van der Waals surface area contributed by atoms with E-state index in [0.29, 0.717) is 6.04 Å². The summed E-state index contributed by atoms with van der Waals surface area (Å²) in [6.45, 7) is 10.6. The van der Waals surface area contributed by atoms with Gasteiger partial charge >= 0.3 is 0 Å². The van der Waals surface area contributed by atoms with Gasteiger partial charge in [-0.2, -0.15) is 0 Å². The number of nitrogens with zero attached hydrogens (tertiary/aromatic N) is 1. The summed E-state index contributed by atoms with van der Waals surface area (Å²) in [6, 6.07) is 0.441. The van der Waals surface area contributed by atoms with Gasteiger partial charge < -0.3 is 15.2 Å². The lowest BCUT2D eigenvalue weighted by molar-refractivity contribution is 0.0715. The zero-order valence-corrected chi connectivity index (χ0v) is 12.8. The van der Waals surface area contributed by atoms with Crippen LogP contribution in [0.15, 0.2) is 0 Å². The minimum Gasteiger partial charge on any atom is -0.380 e. The Bertz CT molecular complexity index is 196. The zero-order chi connectivity index (χ0) is 13.9. The van der Waals surface area contributed by atoms with Crippen molar-refractivity contribution in [2.75, 3.05) is 46.1 Å². The quantitative estimate of drug-likeness (QED) is 0.617. The van der Waals surface area contributed by atoms with Crippen LogP contribution in [0.2, 0.25) is 0 Å². The topological polar surface area (TPSA) is 47.7 Å². The normalized spacial score (nSPS) is 24.0. The molecule has 2 N–H and O–H groups in total. The Labute approximate surface area is 118 Å². The van der Waals surface area contributed by atoms with E-state index in [2.05, 4.69) is 4.90 Å². The van der Waals surface area contributed by atoms with Gasteiger partial charge in [0.05, 0.1) is 13.2 Å². The second-order valence-corrected chi connectivity index (χ2v) is 5.48. The molecule has 4 heteroatoms. The lowest BCUT2D eigenvalue weighted by atomic mass is 9.86. The molecule has 0 unspecified atom stereocenters. The van der Waals surface area contributed by atoms with Gasteiger partial charge in [-0.1, -0.05) is 0 Å². The summed E-state index contributed by atoms with van der Waals surface area (Å²) in [5.41, 5.74) is 5.97. The van der Waals surface area contributed by atoms with Gasteiger partial charge in [-0.15, -0.1) is 0 Å². The largest absolute Gasteiger partial charge is 0.380 e. The molecule has 0 bridgehead atoms. The average Bonchev–Trinajstić information content (AvgIpc) is 2.41. The Kier molecular flexibility index (Phi) is 9.43. The summed E-state index contributed by atoms with van der Waals surface area (Å²) in [6.07, 6.45) is 4.94. The molecule has 0 radical (unpaired) electrons. The molecule has 114 valence electrons. The third-order valence-corrected chi connectivity index (χ3v) is 3.92. The van der Waals surface area contributed by atoms with E-state index in [0.717, 1.165) is 45.4 Å². The molecule has 0 aromatic heterocycles. The molecular formula is C15H32N2O2. The molecule has 1 rings (SSSR count). The Morgan fingerprint density at radius 2 is 1.47 bits per heavy atom. The standard InChI is InChI=1S/C15H32N2O2/c1-3-18-11-9-17(10-12-19-4-2)13-14-5-7-15(16)8-6-14/h14-15H,3-13,16H2,1-2H3. The summed E-state index contributed by atoms with van der Waals surface area (Å²) in [7, 11) is 0. The van der Waals surface area contributed by atoms with Gasteiger partial charge in [-0.25, -0.2) is 0 Å². The van der Waals surface area contributed by atoms with Gasteiger partial charge in [0.25, 0.3) is 0 Å². The number of nitrogens with two attached hydrogens (primary N) is 1. The predicted molar refractivity (Wildman–Crippen MR) is 79.4 cm³/mol. The summed E-state index contributed by atoms with van der Waals surface area (Å²) in [4.78, 5) is 2.49. The number of hydrogen-bond donors (Lipinski definition) is 1. The highest BCUT2D eigenvalue weighted by atomic mass is 16.5. The highest BCUT2D eigenvalue weighted by Crippen LogP contribution is 2.23. The summed E-state index contributed by atoms with van der Waals surface area (Å²) < 4.78 is 10.9. The van der Waals surface area contributed by atoms with Crippen LogP contribution in [-0.4, -0.2) is 57.0 Å². The van der Waals surface area contributed by atoms with Crippen molar-refractivity contribution in [2.24, 2.45) is 11.7 Å². The van der Waals surface area contributed by atoms with Gasteiger partial charge in [0.2, 0.25) is 0 Å². The fourth-order valence-corrected chi connectivity index (χ4v) is 2.71. The van der Waals surface area contributed by atoms with Crippen LogP contribution in [0.25, 0.3) is 0 Å². The molecule has 1 fully saturated rings. The monoisotopic (exact) mass is 272 g/mol. The van der Waals surface area contributed by atoms with Gasteiger partial charge in [-0.05, 0) is 45.4 Å². The fraction of sp³-hybridized carbons (Fsp3) is 1.00. The maximum atomic E-state index is 5.97. The molecule has 1 aliphatic carbocycles. The van der Waals surface area contributed by atoms with Crippen molar-refractivity contribution in [3.05, 3.63) is 0 Å². The van der Waals surface area contributed by atoms with Crippen LogP contribution < -0.4 is 5.73 Å². The third-order valence-electron chi connectivity index (χ3n) is 3.92. The minimum atomic E-state index is 0.441. The molecule has 4 nitrogen and oxygen atoms in total. The Morgan fingerprint density at radius 3 is 1.95 bits per heavy atom. The summed E-state index contributed by atoms with van der Waals surface area (Å²) in [5.74, 6) is 0.808. The molecule has 0 heterocycles. The lowest BCUT2D eigenvalue weighted by Crippen LogP contribution is -2.38. The van der Waals surface area contributed by atoms with E-state index in [1.807, 2.05) is 13.8 Å². The average molecular weight is 272 g/mol. The molecule has 0 atom stereocenters. The molecule has 19 heavy (non-hydrogen) atoms. The molecule has 0 aromatic carbocycles. The molecule has 1 saturated carbocycles. The van der Waals surface area contributed by atoms with Crippen molar-refractivity contribution in [1.29, 1.82) is 0 Å². The van der Waals surface area contributed by atoms with E-state index < -0.39 is 0 Å². The van der Waals surface area contributed by atoms with Gasteiger partial charge in [0.1, 0.15) is 0 Å². The van der Waals surface area contributed by atoms with Crippen molar-refractivity contribution in [3.8, 4) is 0 Å². The van der Waals surface area contributed by atoms with Crippen LogP contribution in [0.1, 0.15) is 39.5 Å². The Balaban J connectivity index is 2.25. The van der Waals surface area contributed by atoms with Crippen LogP contribution in [0.5, 0.6) is 0 Å². The van der Waals surface area contributed by atoms with Gasteiger partial charge in [0, 0.05) is 38.9 Å². The number of hydrogen-bond acceptors (Lipinski definition) is 4. The van der Waals surface area contributed by atoms with E-state index >= 15 is 0 Å². The number of rotatable bonds is 10. The molecule has 1 aliphatic rings. The van der Waals surface area contributed by atoms with Crippen LogP contribution >= 0.6 is 0 Å². The predicted octanol–water partition coefficient (Wildman–Crippen LogP) is 1.88. The molecule has 0 amide bonds. The fourth-order valence-electron chi connectivity index (χ4n) is 2.71. The van der Waals surface area contributed by atoms with E-state index in [-0.39, 0.29) is 0 Å². The summed E-state index contributed by atoms with van der Waals surface area (Å²) >= 11 is 0. The van der Waals surface area contributed by atoms with E-state index in [1.54, 1.807) is 0 Å². The maximum Gasteiger partial charge on any atom is 0.0593 e. The first-order valence-corrected chi connectivity index (χ1v) is 7.89. The first-order chi connectivity index (χ1) is 9.26.